The van der Waals surface area contributed by atoms with E-state index in [1.54, 1.807) is 34.0 Å². The van der Waals surface area contributed by atoms with E-state index in [1.807, 2.05) is 38.1 Å². The number of carbonyl (C=O) groups excluding carboxylic acids is 2. The Morgan fingerprint density at radius 1 is 1.30 bits per heavy atom. The van der Waals surface area contributed by atoms with Gasteiger partial charge in [0.15, 0.2) is 5.79 Å². The lowest BCUT2D eigenvalue weighted by molar-refractivity contribution is -0.141. The van der Waals surface area contributed by atoms with E-state index in [2.05, 4.69) is 5.32 Å². The minimum atomic E-state index is -0.769. The number of anilines is 1. The molecule has 3 atom stereocenters. The minimum absolute atomic E-state index is 0.306. The Balaban J connectivity index is 1.93. The maximum absolute atomic E-state index is 12.8. The van der Waals surface area contributed by atoms with Crippen molar-refractivity contribution < 1.29 is 28.5 Å². The molecule has 0 radical (unpaired) electrons. The number of carbonyl (C=O) groups is 2. The molecule has 2 heterocycles. The third-order valence-electron chi connectivity index (χ3n) is 4.79. The van der Waals surface area contributed by atoms with Crippen LogP contribution in [0.5, 0.6) is 5.75 Å². The first-order valence-corrected chi connectivity index (χ1v) is 9.96. The van der Waals surface area contributed by atoms with Crippen LogP contribution in [-0.4, -0.2) is 60.2 Å². The van der Waals surface area contributed by atoms with Gasteiger partial charge in [-0.25, -0.2) is 9.69 Å². The molecule has 2 amide bonds. The second-order valence-corrected chi connectivity index (χ2v) is 8.78. The van der Waals surface area contributed by atoms with Gasteiger partial charge in [-0.3, -0.25) is 4.79 Å². The molecule has 1 saturated heterocycles. The Morgan fingerprint density at radius 2 is 2.00 bits per heavy atom. The maximum Gasteiger partial charge on any atom is 0.417 e. The van der Waals surface area contributed by atoms with Gasteiger partial charge in [-0.1, -0.05) is 18.2 Å². The SMILES string of the molecule is COc1ccccc1N[C@H]([C@H]1COC(C)(C)O1)[C@@H]1C=CC(=O)N1C(=O)OC(C)(C)C. The maximum atomic E-state index is 12.8. The monoisotopic (exact) mass is 418 g/mol. The second-order valence-electron chi connectivity index (χ2n) is 8.78. The lowest BCUT2D eigenvalue weighted by atomic mass is 10.0. The van der Waals surface area contributed by atoms with Gasteiger partial charge in [0.05, 0.1) is 31.5 Å². The van der Waals surface area contributed by atoms with Crippen LogP contribution in [0.3, 0.4) is 0 Å². The summed E-state index contributed by atoms with van der Waals surface area (Å²) in [5.74, 6) is -0.564. The normalized spacial score (nSPS) is 24.1. The second kappa shape index (κ2) is 8.28. The van der Waals surface area contributed by atoms with Crippen molar-refractivity contribution in [3.05, 3.63) is 36.4 Å². The van der Waals surface area contributed by atoms with Crippen molar-refractivity contribution >= 4 is 17.7 Å². The Bertz CT molecular complexity index is 829. The Kier molecular flexibility index (Phi) is 6.10. The number of nitrogens with zero attached hydrogens (tertiary/aromatic N) is 1. The molecule has 0 aromatic heterocycles. The first-order valence-electron chi connectivity index (χ1n) is 9.96. The van der Waals surface area contributed by atoms with Gasteiger partial charge in [0.25, 0.3) is 5.91 Å². The van der Waals surface area contributed by atoms with E-state index in [0.29, 0.717) is 12.4 Å². The third-order valence-corrected chi connectivity index (χ3v) is 4.79. The molecule has 2 aliphatic rings. The zero-order valence-electron chi connectivity index (χ0n) is 18.3. The minimum Gasteiger partial charge on any atom is -0.495 e. The number of imide groups is 1. The van der Waals surface area contributed by atoms with Crippen LogP contribution in [0, 0.1) is 0 Å². The molecular formula is C22H30N2O6. The van der Waals surface area contributed by atoms with E-state index in [0.717, 1.165) is 10.6 Å². The number of benzene rings is 1. The zero-order chi connectivity index (χ0) is 22.1. The molecule has 1 fully saturated rings. The molecule has 30 heavy (non-hydrogen) atoms. The van der Waals surface area contributed by atoms with Gasteiger partial charge in [-0.15, -0.1) is 0 Å². The summed E-state index contributed by atoms with van der Waals surface area (Å²) in [5.41, 5.74) is -0.0133. The molecule has 0 aliphatic carbocycles. The van der Waals surface area contributed by atoms with Crippen molar-refractivity contribution in [2.75, 3.05) is 19.0 Å². The number of para-hydroxylation sites is 2. The van der Waals surface area contributed by atoms with E-state index in [9.17, 15) is 9.59 Å². The van der Waals surface area contributed by atoms with Gasteiger partial charge in [-0.05, 0) is 46.8 Å². The molecule has 3 rings (SSSR count). The van der Waals surface area contributed by atoms with Crippen LogP contribution in [0.1, 0.15) is 34.6 Å². The number of nitrogens with one attached hydrogen (secondary N) is 1. The molecule has 0 spiro atoms. The predicted octanol–water partition coefficient (Wildman–Crippen LogP) is 3.33. The molecule has 1 N–H and O–H groups in total. The van der Waals surface area contributed by atoms with Crippen LogP contribution in [0.25, 0.3) is 0 Å². The lowest BCUT2D eigenvalue weighted by Crippen LogP contribution is -2.54. The fraction of sp³-hybridized carbons (Fsp3) is 0.545. The van der Waals surface area contributed by atoms with Crippen LogP contribution in [0.15, 0.2) is 36.4 Å². The summed E-state index contributed by atoms with van der Waals surface area (Å²) in [7, 11) is 1.58. The number of hydrogen-bond acceptors (Lipinski definition) is 7. The zero-order valence-corrected chi connectivity index (χ0v) is 18.3. The van der Waals surface area contributed by atoms with E-state index < -0.39 is 41.6 Å². The third kappa shape index (κ3) is 4.94. The van der Waals surface area contributed by atoms with Crippen LogP contribution in [0.2, 0.25) is 0 Å². The number of hydrogen-bond donors (Lipinski definition) is 1. The molecule has 164 valence electrons. The highest BCUT2D eigenvalue weighted by Gasteiger charge is 2.46. The van der Waals surface area contributed by atoms with Gasteiger partial charge in [0, 0.05) is 6.08 Å². The van der Waals surface area contributed by atoms with Crippen LogP contribution >= 0.6 is 0 Å². The van der Waals surface area contributed by atoms with E-state index >= 15 is 0 Å². The number of ether oxygens (including phenoxy) is 4. The summed E-state index contributed by atoms with van der Waals surface area (Å²) >= 11 is 0. The van der Waals surface area contributed by atoms with Crippen molar-refractivity contribution in [1.29, 1.82) is 0 Å². The molecular weight excluding hydrogens is 388 g/mol. The molecule has 8 nitrogen and oxygen atoms in total. The standard InChI is InChI=1S/C22H30N2O6/c1-21(2,3)30-20(26)24-15(11-12-18(24)25)19(17-13-28-22(4,5)29-17)23-14-9-7-8-10-16(14)27-6/h7-12,15,17,19,23H,13H2,1-6H3/t15-,17+,19-/m0/s1. The Morgan fingerprint density at radius 3 is 2.60 bits per heavy atom. The summed E-state index contributed by atoms with van der Waals surface area (Å²) in [6.07, 6.45) is 1.95. The molecule has 0 saturated carbocycles. The van der Waals surface area contributed by atoms with E-state index in [-0.39, 0.29) is 0 Å². The van der Waals surface area contributed by atoms with Crippen molar-refractivity contribution in [2.24, 2.45) is 0 Å². The van der Waals surface area contributed by atoms with Gasteiger partial charge in [0.2, 0.25) is 0 Å². The number of amides is 2. The fourth-order valence-electron chi connectivity index (χ4n) is 3.53. The molecule has 0 bridgehead atoms. The van der Waals surface area contributed by atoms with E-state index in [1.165, 1.54) is 6.08 Å². The number of methoxy groups -OCH3 is 1. The first-order chi connectivity index (χ1) is 14.0. The van der Waals surface area contributed by atoms with Gasteiger partial charge in [-0.2, -0.15) is 0 Å². The predicted molar refractivity (Wildman–Crippen MR) is 111 cm³/mol. The highest BCUT2D eigenvalue weighted by Crippen LogP contribution is 2.33. The summed E-state index contributed by atoms with van der Waals surface area (Å²) in [4.78, 5) is 26.5. The molecule has 1 aromatic rings. The average molecular weight is 418 g/mol. The van der Waals surface area contributed by atoms with Crippen LogP contribution < -0.4 is 10.1 Å². The molecule has 1 aromatic carbocycles. The summed E-state index contributed by atoms with van der Waals surface area (Å²) in [6.45, 7) is 9.24. The first kappa shape index (κ1) is 22.1. The smallest absolute Gasteiger partial charge is 0.417 e. The van der Waals surface area contributed by atoms with Gasteiger partial charge >= 0.3 is 6.09 Å². The summed E-state index contributed by atoms with van der Waals surface area (Å²) in [6, 6.07) is 6.32. The Hall–Kier alpha value is -2.58. The molecule has 8 heteroatoms. The average Bonchev–Trinajstić information content (AvgIpc) is 3.20. The lowest BCUT2D eigenvalue weighted by Gasteiger charge is -2.35. The topological polar surface area (TPSA) is 86.3 Å². The highest BCUT2D eigenvalue weighted by atomic mass is 16.7. The van der Waals surface area contributed by atoms with Crippen molar-refractivity contribution in [3.8, 4) is 5.75 Å². The van der Waals surface area contributed by atoms with Crippen molar-refractivity contribution in [1.82, 2.24) is 4.90 Å². The Labute approximate surface area is 177 Å². The highest BCUT2D eigenvalue weighted by molar-refractivity contribution is 6.01. The summed E-state index contributed by atoms with van der Waals surface area (Å²) < 4.78 is 22.8. The summed E-state index contributed by atoms with van der Waals surface area (Å²) in [5, 5.41) is 3.41. The van der Waals surface area contributed by atoms with Crippen molar-refractivity contribution in [2.45, 2.75) is 64.2 Å². The van der Waals surface area contributed by atoms with Crippen LogP contribution in [-0.2, 0) is 19.0 Å². The van der Waals surface area contributed by atoms with Crippen LogP contribution in [0.4, 0.5) is 10.5 Å². The van der Waals surface area contributed by atoms with Gasteiger partial charge in [0.1, 0.15) is 17.5 Å². The molecule has 0 unspecified atom stereocenters. The van der Waals surface area contributed by atoms with Gasteiger partial charge < -0.3 is 24.3 Å². The largest absolute Gasteiger partial charge is 0.495 e. The quantitative estimate of drug-likeness (QED) is 0.785. The number of rotatable bonds is 5. The fourth-order valence-corrected chi connectivity index (χ4v) is 3.53. The van der Waals surface area contributed by atoms with E-state index in [4.69, 9.17) is 18.9 Å². The van der Waals surface area contributed by atoms with Crippen molar-refractivity contribution in [3.63, 3.8) is 0 Å². The molecule has 2 aliphatic heterocycles.